The number of aliphatic hydroxyl groups excluding tert-OH is 1. The fourth-order valence-electron chi connectivity index (χ4n) is 1.62. The van der Waals surface area contributed by atoms with E-state index in [4.69, 9.17) is 15.7 Å². The maximum atomic E-state index is 10.7. The second kappa shape index (κ2) is 8.15. The summed E-state index contributed by atoms with van der Waals surface area (Å²) >= 11 is 0. The Labute approximate surface area is 118 Å². The van der Waals surface area contributed by atoms with Crippen molar-refractivity contribution < 1.29 is 14.6 Å². The number of benzene rings is 1. The second-order valence-corrected chi connectivity index (χ2v) is 4.58. The SMILES string of the molecule is CC(CC(N)=O)NCC(O)COc1cccc(C#N)c1. The molecule has 0 radical (unpaired) electrons. The van der Waals surface area contributed by atoms with Crippen molar-refractivity contribution in [2.24, 2.45) is 5.73 Å². The number of hydrogen-bond donors (Lipinski definition) is 3. The summed E-state index contributed by atoms with van der Waals surface area (Å²) in [5, 5.41) is 21.5. The molecule has 20 heavy (non-hydrogen) atoms. The van der Waals surface area contributed by atoms with Crippen molar-refractivity contribution in [3.05, 3.63) is 29.8 Å². The molecule has 0 aromatic heterocycles. The highest BCUT2D eigenvalue weighted by molar-refractivity contribution is 5.74. The van der Waals surface area contributed by atoms with Gasteiger partial charge >= 0.3 is 0 Å². The summed E-state index contributed by atoms with van der Waals surface area (Å²) in [5.41, 5.74) is 5.57. The molecule has 1 rings (SSSR count). The normalized spacial score (nSPS) is 13.2. The van der Waals surface area contributed by atoms with Crippen LogP contribution in [0.4, 0.5) is 0 Å². The number of carbonyl (C=O) groups is 1. The van der Waals surface area contributed by atoms with Crippen LogP contribution in [-0.2, 0) is 4.79 Å². The molecule has 0 saturated heterocycles. The van der Waals surface area contributed by atoms with Crippen molar-refractivity contribution in [3.8, 4) is 11.8 Å². The largest absolute Gasteiger partial charge is 0.491 e. The molecule has 0 bridgehead atoms. The number of nitrogens with zero attached hydrogens (tertiary/aromatic N) is 1. The molecule has 0 saturated carbocycles. The Bertz CT molecular complexity index is 485. The van der Waals surface area contributed by atoms with Crippen LogP contribution in [0.3, 0.4) is 0 Å². The lowest BCUT2D eigenvalue weighted by molar-refractivity contribution is -0.118. The first-order chi connectivity index (χ1) is 9.51. The van der Waals surface area contributed by atoms with E-state index in [2.05, 4.69) is 5.32 Å². The number of hydrogen-bond acceptors (Lipinski definition) is 5. The van der Waals surface area contributed by atoms with Crippen LogP contribution in [0.25, 0.3) is 0 Å². The van der Waals surface area contributed by atoms with Gasteiger partial charge in [0, 0.05) is 19.0 Å². The Morgan fingerprint density at radius 2 is 2.35 bits per heavy atom. The number of nitriles is 1. The number of aliphatic hydroxyl groups is 1. The van der Waals surface area contributed by atoms with E-state index in [1.165, 1.54) is 0 Å². The first kappa shape index (κ1) is 16.0. The zero-order valence-corrected chi connectivity index (χ0v) is 11.4. The Hall–Kier alpha value is -2.10. The van der Waals surface area contributed by atoms with Gasteiger partial charge in [-0.15, -0.1) is 0 Å². The Balaban J connectivity index is 2.30. The third-order valence-electron chi connectivity index (χ3n) is 2.61. The van der Waals surface area contributed by atoms with Gasteiger partial charge in [-0.05, 0) is 25.1 Å². The summed E-state index contributed by atoms with van der Waals surface area (Å²) < 4.78 is 5.39. The summed E-state index contributed by atoms with van der Waals surface area (Å²) in [6.07, 6.45) is -0.492. The standard InChI is InChI=1S/C14H19N3O3/c1-10(5-14(16)19)17-8-12(18)9-20-13-4-2-3-11(6-13)7-15/h2-4,6,10,12,17-18H,5,8-9H2,1H3,(H2,16,19). The van der Waals surface area contributed by atoms with Crippen molar-refractivity contribution in [2.75, 3.05) is 13.2 Å². The molecule has 108 valence electrons. The fraction of sp³-hybridized carbons (Fsp3) is 0.429. The molecule has 0 fully saturated rings. The minimum absolute atomic E-state index is 0.0935. The van der Waals surface area contributed by atoms with Crippen LogP contribution in [0.2, 0.25) is 0 Å². The van der Waals surface area contributed by atoms with Crippen LogP contribution < -0.4 is 15.8 Å². The quantitative estimate of drug-likeness (QED) is 0.627. The summed E-state index contributed by atoms with van der Waals surface area (Å²) in [4.78, 5) is 10.7. The van der Waals surface area contributed by atoms with E-state index in [-0.39, 0.29) is 25.0 Å². The Morgan fingerprint density at radius 3 is 3.00 bits per heavy atom. The summed E-state index contributed by atoms with van der Waals surface area (Å²) in [5.74, 6) is 0.150. The van der Waals surface area contributed by atoms with Crippen LogP contribution in [-0.4, -0.2) is 36.3 Å². The highest BCUT2D eigenvalue weighted by atomic mass is 16.5. The lowest BCUT2D eigenvalue weighted by Gasteiger charge is -2.16. The summed E-state index contributed by atoms with van der Waals surface area (Å²) in [6, 6.07) is 8.64. The van der Waals surface area contributed by atoms with Crippen molar-refractivity contribution in [1.82, 2.24) is 5.32 Å². The smallest absolute Gasteiger partial charge is 0.218 e. The molecule has 1 aromatic carbocycles. The van der Waals surface area contributed by atoms with Gasteiger partial charge in [0.1, 0.15) is 18.5 Å². The van der Waals surface area contributed by atoms with E-state index < -0.39 is 6.10 Å². The topological polar surface area (TPSA) is 108 Å². The zero-order chi connectivity index (χ0) is 15.0. The molecular weight excluding hydrogens is 258 g/mol. The van der Waals surface area contributed by atoms with Crippen molar-refractivity contribution in [2.45, 2.75) is 25.5 Å². The minimum Gasteiger partial charge on any atom is -0.491 e. The van der Waals surface area contributed by atoms with Crippen LogP contribution in [0.1, 0.15) is 18.9 Å². The summed E-state index contributed by atoms with van der Waals surface area (Å²) in [7, 11) is 0. The van der Waals surface area contributed by atoms with Gasteiger partial charge in [0.25, 0.3) is 0 Å². The van der Waals surface area contributed by atoms with Crippen molar-refractivity contribution in [1.29, 1.82) is 5.26 Å². The fourth-order valence-corrected chi connectivity index (χ4v) is 1.62. The van der Waals surface area contributed by atoms with Crippen LogP contribution >= 0.6 is 0 Å². The molecular formula is C14H19N3O3. The maximum absolute atomic E-state index is 10.7. The predicted molar refractivity (Wildman–Crippen MR) is 73.9 cm³/mol. The number of ether oxygens (including phenoxy) is 1. The number of nitrogens with two attached hydrogens (primary N) is 1. The molecule has 0 spiro atoms. The van der Waals surface area contributed by atoms with Gasteiger partial charge in [-0.25, -0.2) is 0 Å². The highest BCUT2D eigenvalue weighted by Crippen LogP contribution is 2.12. The van der Waals surface area contributed by atoms with Gasteiger partial charge in [0.05, 0.1) is 11.6 Å². The number of carbonyl (C=O) groups excluding carboxylic acids is 1. The van der Waals surface area contributed by atoms with Crippen LogP contribution in [0, 0.1) is 11.3 Å². The minimum atomic E-state index is -0.712. The molecule has 0 aliphatic carbocycles. The average Bonchev–Trinajstić information content (AvgIpc) is 2.42. The molecule has 4 N–H and O–H groups in total. The molecule has 0 heterocycles. The van der Waals surface area contributed by atoms with Crippen molar-refractivity contribution >= 4 is 5.91 Å². The number of amides is 1. The van der Waals surface area contributed by atoms with Gasteiger partial charge in [0.15, 0.2) is 0 Å². The lowest BCUT2D eigenvalue weighted by atomic mass is 10.2. The molecule has 2 unspecified atom stereocenters. The number of rotatable bonds is 8. The summed E-state index contributed by atoms with van der Waals surface area (Å²) in [6.45, 7) is 2.21. The third kappa shape index (κ3) is 6.18. The molecule has 1 amide bonds. The molecule has 0 aliphatic heterocycles. The molecule has 2 atom stereocenters. The van der Waals surface area contributed by atoms with Crippen LogP contribution in [0.5, 0.6) is 5.75 Å². The molecule has 1 aromatic rings. The predicted octanol–water partition coefficient (Wildman–Crippen LogP) is 0.151. The van der Waals surface area contributed by atoms with Gasteiger partial charge in [-0.1, -0.05) is 6.07 Å². The Morgan fingerprint density at radius 1 is 1.60 bits per heavy atom. The number of primary amides is 1. The number of nitrogens with one attached hydrogen (secondary N) is 1. The van der Waals surface area contributed by atoms with E-state index in [0.29, 0.717) is 17.9 Å². The molecule has 0 aliphatic rings. The van der Waals surface area contributed by atoms with Gasteiger partial charge in [0.2, 0.25) is 5.91 Å². The van der Waals surface area contributed by atoms with E-state index >= 15 is 0 Å². The van der Waals surface area contributed by atoms with Gasteiger partial charge < -0.3 is 20.9 Å². The average molecular weight is 277 g/mol. The second-order valence-electron chi connectivity index (χ2n) is 4.58. The van der Waals surface area contributed by atoms with E-state index in [0.717, 1.165) is 0 Å². The van der Waals surface area contributed by atoms with Crippen molar-refractivity contribution in [3.63, 3.8) is 0 Å². The lowest BCUT2D eigenvalue weighted by Crippen LogP contribution is -2.38. The molecule has 6 heteroatoms. The van der Waals surface area contributed by atoms with Gasteiger partial charge in [-0.3, -0.25) is 4.79 Å². The third-order valence-corrected chi connectivity index (χ3v) is 2.61. The van der Waals surface area contributed by atoms with Gasteiger partial charge in [-0.2, -0.15) is 5.26 Å². The monoisotopic (exact) mass is 277 g/mol. The first-order valence-electron chi connectivity index (χ1n) is 6.34. The Kier molecular flexibility index (Phi) is 6.50. The van der Waals surface area contributed by atoms with E-state index in [1.807, 2.05) is 13.0 Å². The molecule has 6 nitrogen and oxygen atoms in total. The zero-order valence-electron chi connectivity index (χ0n) is 11.4. The van der Waals surface area contributed by atoms with E-state index in [1.54, 1.807) is 24.3 Å². The first-order valence-corrected chi connectivity index (χ1v) is 6.34. The highest BCUT2D eigenvalue weighted by Gasteiger charge is 2.10. The van der Waals surface area contributed by atoms with E-state index in [9.17, 15) is 9.90 Å². The van der Waals surface area contributed by atoms with Crippen LogP contribution in [0.15, 0.2) is 24.3 Å². The maximum Gasteiger partial charge on any atom is 0.218 e.